The molecular formula is C10H23NO3S. The third-order valence-electron chi connectivity index (χ3n) is 2.35. The molecule has 0 amide bonds. The summed E-state index contributed by atoms with van der Waals surface area (Å²) in [6.07, 6.45) is 0.428. The molecule has 0 aliphatic carbocycles. The smallest absolute Gasteiger partial charge is 0.270 e. The van der Waals surface area contributed by atoms with Crippen LogP contribution in [0.3, 0.4) is 0 Å². The largest absolute Gasteiger partial charge is 0.309 e. The Morgan fingerprint density at radius 3 is 1.80 bits per heavy atom. The molecule has 1 N–H and O–H groups in total. The summed E-state index contributed by atoms with van der Waals surface area (Å²) in [5.41, 5.74) is -0.150. The highest BCUT2D eigenvalue weighted by atomic mass is 32.2. The Hall–Kier alpha value is -0.130. The zero-order valence-corrected chi connectivity index (χ0v) is 11.3. The fraction of sp³-hybridized carbons (Fsp3) is 1.00. The van der Waals surface area contributed by atoms with Gasteiger partial charge >= 0.3 is 0 Å². The molecule has 4 nitrogen and oxygen atoms in total. The molecule has 0 aliphatic heterocycles. The lowest BCUT2D eigenvalue weighted by atomic mass is 9.83. The average Bonchev–Trinajstić information content (AvgIpc) is 1.75. The Labute approximate surface area is 93.4 Å². The van der Waals surface area contributed by atoms with Gasteiger partial charge in [-0.1, -0.05) is 13.8 Å². The molecule has 0 saturated heterocycles. The van der Waals surface area contributed by atoms with Gasteiger partial charge in [-0.3, -0.25) is 4.55 Å². The molecule has 0 radical (unpaired) electrons. The summed E-state index contributed by atoms with van der Waals surface area (Å²) in [6.45, 7) is 7.89. The zero-order chi connectivity index (χ0) is 12.5. The number of hydrogen-bond donors (Lipinski definition) is 1. The van der Waals surface area contributed by atoms with Crippen LogP contribution < -0.4 is 0 Å². The zero-order valence-electron chi connectivity index (χ0n) is 10.5. The maximum atomic E-state index is 11.2. The van der Waals surface area contributed by atoms with Gasteiger partial charge in [0.1, 0.15) is 0 Å². The van der Waals surface area contributed by atoms with Gasteiger partial charge in [0.15, 0.2) is 0 Å². The fourth-order valence-corrected chi connectivity index (χ4v) is 2.73. The van der Waals surface area contributed by atoms with Crippen LogP contribution in [-0.4, -0.2) is 43.3 Å². The average molecular weight is 237 g/mol. The van der Waals surface area contributed by atoms with E-state index >= 15 is 0 Å². The SMILES string of the molecule is CN(C)CC(C)(C)CC(C)(C)S(=O)(=O)O. The summed E-state index contributed by atoms with van der Waals surface area (Å²) in [7, 11) is -0.0966. The highest BCUT2D eigenvalue weighted by Gasteiger charge is 2.38. The highest BCUT2D eigenvalue weighted by molar-refractivity contribution is 7.87. The van der Waals surface area contributed by atoms with E-state index in [1.807, 2.05) is 32.8 Å². The van der Waals surface area contributed by atoms with Gasteiger partial charge < -0.3 is 4.90 Å². The van der Waals surface area contributed by atoms with Crippen LogP contribution in [0.15, 0.2) is 0 Å². The number of hydrogen-bond acceptors (Lipinski definition) is 3. The van der Waals surface area contributed by atoms with Gasteiger partial charge in [0, 0.05) is 6.54 Å². The predicted molar refractivity (Wildman–Crippen MR) is 62.6 cm³/mol. The second kappa shape index (κ2) is 4.39. The van der Waals surface area contributed by atoms with Crippen molar-refractivity contribution in [1.29, 1.82) is 0 Å². The second-order valence-electron chi connectivity index (χ2n) is 5.81. The molecule has 0 heterocycles. The highest BCUT2D eigenvalue weighted by Crippen LogP contribution is 2.32. The maximum Gasteiger partial charge on any atom is 0.270 e. The fourth-order valence-electron chi connectivity index (χ4n) is 2.16. The first-order valence-electron chi connectivity index (χ1n) is 4.99. The minimum absolute atomic E-state index is 0.150. The molecular weight excluding hydrogens is 214 g/mol. The minimum atomic E-state index is -3.99. The standard InChI is InChI=1S/C10H23NO3S/c1-9(2,8-11(5)6)7-10(3,4)15(12,13)14/h7-8H2,1-6H3,(H,12,13,14). The van der Waals surface area contributed by atoms with Crippen LogP contribution >= 0.6 is 0 Å². The van der Waals surface area contributed by atoms with Crippen molar-refractivity contribution in [2.24, 2.45) is 5.41 Å². The monoisotopic (exact) mass is 237 g/mol. The predicted octanol–water partition coefficient (Wildman–Crippen LogP) is 1.63. The third kappa shape index (κ3) is 4.95. The topological polar surface area (TPSA) is 57.6 Å². The van der Waals surface area contributed by atoms with E-state index in [0.29, 0.717) is 6.42 Å². The van der Waals surface area contributed by atoms with Gasteiger partial charge in [-0.2, -0.15) is 8.42 Å². The molecule has 92 valence electrons. The van der Waals surface area contributed by atoms with Crippen LogP contribution in [0, 0.1) is 5.41 Å². The van der Waals surface area contributed by atoms with Crippen LogP contribution in [0.2, 0.25) is 0 Å². The summed E-state index contributed by atoms with van der Waals surface area (Å²) in [6, 6.07) is 0. The summed E-state index contributed by atoms with van der Waals surface area (Å²) >= 11 is 0. The van der Waals surface area contributed by atoms with Crippen molar-refractivity contribution < 1.29 is 13.0 Å². The van der Waals surface area contributed by atoms with Crippen molar-refractivity contribution >= 4 is 10.1 Å². The van der Waals surface area contributed by atoms with Gasteiger partial charge in [0.05, 0.1) is 4.75 Å². The number of rotatable bonds is 5. The maximum absolute atomic E-state index is 11.2. The summed E-state index contributed by atoms with van der Waals surface area (Å²) in [5, 5.41) is 0. The molecule has 0 spiro atoms. The van der Waals surface area contributed by atoms with Crippen LogP contribution in [0.4, 0.5) is 0 Å². The molecule has 0 aliphatic rings. The van der Waals surface area contributed by atoms with Crippen molar-refractivity contribution in [3.05, 3.63) is 0 Å². The molecule has 0 atom stereocenters. The van der Waals surface area contributed by atoms with Crippen LogP contribution in [-0.2, 0) is 10.1 Å². The van der Waals surface area contributed by atoms with E-state index in [0.717, 1.165) is 6.54 Å². The van der Waals surface area contributed by atoms with E-state index < -0.39 is 14.9 Å². The van der Waals surface area contributed by atoms with Crippen molar-refractivity contribution in [2.75, 3.05) is 20.6 Å². The first-order chi connectivity index (χ1) is 6.37. The van der Waals surface area contributed by atoms with E-state index in [1.54, 1.807) is 13.8 Å². The van der Waals surface area contributed by atoms with Gasteiger partial charge in [-0.15, -0.1) is 0 Å². The molecule has 15 heavy (non-hydrogen) atoms. The molecule has 0 unspecified atom stereocenters. The molecule has 0 aromatic carbocycles. The minimum Gasteiger partial charge on any atom is -0.309 e. The van der Waals surface area contributed by atoms with Crippen molar-refractivity contribution in [3.8, 4) is 0 Å². The molecule has 0 aromatic rings. The Morgan fingerprint density at radius 1 is 1.13 bits per heavy atom. The first-order valence-corrected chi connectivity index (χ1v) is 6.43. The Bertz CT molecular complexity index is 305. The summed E-state index contributed by atoms with van der Waals surface area (Å²) < 4.78 is 30.3. The molecule has 0 rings (SSSR count). The lowest BCUT2D eigenvalue weighted by Gasteiger charge is -2.34. The van der Waals surface area contributed by atoms with E-state index in [1.165, 1.54) is 0 Å². The quantitative estimate of drug-likeness (QED) is 0.738. The van der Waals surface area contributed by atoms with Crippen molar-refractivity contribution in [2.45, 2.75) is 38.9 Å². The van der Waals surface area contributed by atoms with E-state index in [9.17, 15) is 8.42 Å². The molecule has 0 fully saturated rings. The second-order valence-corrected chi connectivity index (χ2v) is 7.87. The van der Waals surface area contributed by atoms with Gasteiger partial charge in [0.25, 0.3) is 10.1 Å². The molecule has 5 heteroatoms. The third-order valence-corrected chi connectivity index (χ3v) is 3.89. The van der Waals surface area contributed by atoms with Crippen LogP contribution in [0.25, 0.3) is 0 Å². The Morgan fingerprint density at radius 2 is 1.53 bits per heavy atom. The number of nitrogens with zero attached hydrogens (tertiary/aromatic N) is 1. The Balaban J connectivity index is 4.73. The molecule has 0 saturated carbocycles. The van der Waals surface area contributed by atoms with Crippen LogP contribution in [0.1, 0.15) is 34.1 Å². The summed E-state index contributed by atoms with van der Waals surface area (Å²) in [4.78, 5) is 2.01. The van der Waals surface area contributed by atoms with E-state index in [4.69, 9.17) is 4.55 Å². The summed E-state index contributed by atoms with van der Waals surface area (Å²) in [5.74, 6) is 0. The van der Waals surface area contributed by atoms with Crippen molar-refractivity contribution in [3.63, 3.8) is 0 Å². The Kier molecular flexibility index (Phi) is 4.35. The normalized spacial score (nSPS) is 14.7. The first kappa shape index (κ1) is 14.9. The van der Waals surface area contributed by atoms with Crippen molar-refractivity contribution in [1.82, 2.24) is 4.90 Å². The van der Waals surface area contributed by atoms with E-state index in [2.05, 4.69) is 0 Å². The van der Waals surface area contributed by atoms with Gasteiger partial charge in [-0.25, -0.2) is 0 Å². The lowest BCUT2D eigenvalue weighted by Crippen LogP contribution is -2.40. The van der Waals surface area contributed by atoms with Gasteiger partial charge in [-0.05, 0) is 39.8 Å². The van der Waals surface area contributed by atoms with E-state index in [-0.39, 0.29) is 5.41 Å². The molecule has 0 bridgehead atoms. The lowest BCUT2D eigenvalue weighted by molar-refractivity contribution is 0.205. The van der Waals surface area contributed by atoms with Crippen LogP contribution in [0.5, 0.6) is 0 Å². The van der Waals surface area contributed by atoms with Gasteiger partial charge in [0.2, 0.25) is 0 Å². The molecule has 0 aromatic heterocycles.